The van der Waals surface area contributed by atoms with Crippen LogP contribution in [0, 0.1) is 5.92 Å². The standard InChI is InChI=1S/C13H21F3N2O/c1-12(2,3)17-10-7-18(6-9(10)14)11(19)8-4-13(15,16)5-8/h8-10,17H,4-7H2,1-3H3/t9-,10?/m0/s1. The number of carbonyl (C=O) groups is 1. The van der Waals surface area contributed by atoms with Gasteiger partial charge in [-0.05, 0) is 20.8 Å². The van der Waals surface area contributed by atoms with E-state index in [0.717, 1.165) is 0 Å². The lowest BCUT2D eigenvalue weighted by atomic mass is 9.80. The van der Waals surface area contributed by atoms with Gasteiger partial charge in [-0.3, -0.25) is 4.79 Å². The SMILES string of the molecule is CC(C)(C)NC1CN(C(=O)C2CC(F)(F)C2)C[C@@H]1F. The van der Waals surface area contributed by atoms with Crippen LogP contribution >= 0.6 is 0 Å². The van der Waals surface area contributed by atoms with Crippen LogP contribution in [0.3, 0.4) is 0 Å². The molecule has 1 heterocycles. The first-order valence-electron chi connectivity index (χ1n) is 6.66. The molecule has 0 aromatic carbocycles. The van der Waals surface area contributed by atoms with Crippen LogP contribution in [0.5, 0.6) is 0 Å². The zero-order valence-corrected chi connectivity index (χ0v) is 11.5. The molecule has 1 aliphatic carbocycles. The highest BCUT2D eigenvalue weighted by Crippen LogP contribution is 2.43. The lowest BCUT2D eigenvalue weighted by Gasteiger charge is -2.36. The Balaban J connectivity index is 1.89. The van der Waals surface area contributed by atoms with Gasteiger partial charge in [-0.1, -0.05) is 0 Å². The molecule has 1 unspecified atom stereocenters. The van der Waals surface area contributed by atoms with Crippen LogP contribution in [0.2, 0.25) is 0 Å². The summed E-state index contributed by atoms with van der Waals surface area (Å²) >= 11 is 0. The first-order chi connectivity index (χ1) is 8.57. The average molecular weight is 278 g/mol. The number of halogens is 3. The smallest absolute Gasteiger partial charge is 0.249 e. The topological polar surface area (TPSA) is 32.3 Å². The Bertz CT molecular complexity index is 359. The summed E-state index contributed by atoms with van der Waals surface area (Å²) in [5, 5.41) is 3.13. The summed E-state index contributed by atoms with van der Waals surface area (Å²) in [6.07, 6.45) is -1.92. The van der Waals surface area contributed by atoms with E-state index in [1.165, 1.54) is 4.90 Å². The summed E-state index contributed by atoms with van der Waals surface area (Å²) in [4.78, 5) is 13.4. The van der Waals surface area contributed by atoms with E-state index in [4.69, 9.17) is 0 Å². The number of amides is 1. The Hall–Kier alpha value is -0.780. The van der Waals surface area contributed by atoms with Gasteiger partial charge in [0.15, 0.2) is 0 Å². The van der Waals surface area contributed by atoms with Gasteiger partial charge >= 0.3 is 0 Å². The van der Waals surface area contributed by atoms with E-state index in [1.54, 1.807) is 0 Å². The molecule has 19 heavy (non-hydrogen) atoms. The van der Waals surface area contributed by atoms with Gasteiger partial charge in [0.1, 0.15) is 6.17 Å². The van der Waals surface area contributed by atoms with Gasteiger partial charge < -0.3 is 10.2 Å². The molecule has 110 valence electrons. The summed E-state index contributed by atoms with van der Waals surface area (Å²) in [7, 11) is 0. The molecule has 0 spiro atoms. The van der Waals surface area contributed by atoms with Crippen LogP contribution in [-0.2, 0) is 4.79 Å². The van der Waals surface area contributed by atoms with E-state index in [9.17, 15) is 18.0 Å². The minimum atomic E-state index is -2.71. The number of hydrogen-bond donors (Lipinski definition) is 1. The Morgan fingerprint density at radius 2 is 1.84 bits per heavy atom. The highest BCUT2D eigenvalue weighted by atomic mass is 19.3. The first-order valence-corrected chi connectivity index (χ1v) is 6.66. The van der Waals surface area contributed by atoms with E-state index < -0.39 is 36.9 Å². The Morgan fingerprint density at radius 1 is 1.26 bits per heavy atom. The minimum Gasteiger partial charge on any atom is -0.338 e. The van der Waals surface area contributed by atoms with Gasteiger partial charge in [-0.2, -0.15) is 0 Å². The zero-order chi connectivity index (χ0) is 14.4. The minimum absolute atomic E-state index is 0.00858. The summed E-state index contributed by atoms with van der Waals surface area (Å²) < 4.78 is 39.4. The molecule has 3 nitrogen and oxygen atoms in total. The number of hydrogen-bond acceptors (Lipinski definition) is 2. The predicted octanol–water partition coefficient (Wildman–Crippen LogP) is 1.97. The van der Waals surface area contributed by atoms with Crippen LogP contribution in [0.15, 0.2) is 0 Å². The second-order valence-electron chi connectivity index (χ2n) is 6.72. The van der Waals surface area contributed by atoms with Crippen molar-refractivity contribution in [1.82, 2.24) is 10.2 Å². The lowest BCUT2D eigenvalue weighted by Crippen LogP contribution is -2.49. The van der Waals surface area contributed by atoms with E-state index in [-0.39, 0.29) is 24.5 Å². The van der Waals surface area contributed by atoms with Crippen molar-refractivity contribution in [1.29, 1.82) is 0 Å². The average Bonchev–Trinajstić information content (AvgIpc) is 2.53. The molecular weight excluding hydrogens is 257 g/mol. The van der Waals surface area contributed by atoms with Crippen molar-refractivity contribution in [3.63, 3.8) is 0 Å². The van der Waals surface area contributed by atoms with Crippen LogP contribution in [-0.4, -0.2) is 47.6 Å². The zero-order valence-electron chi connectivity index (χ0n) is 11.5. The van der Waals surface area contributed by atoms with E-state index in [1.807, 2.05) is 20.8 Å². The molecular formula is C13H21F3N2O. The molecule has 0 bridgehead atoms. The molecule has 0 aromatic heterocycles. The van der Waals surface area contributed by atoms with Crippen molar-refractivity contribution in [2.45, 2.75) is 57.3 Å². The van der Waals surface area contributed by atoms with Crippen LogP contribution in [0.4, 0.5) is 13.2 Å². The molecule has 1 N–H and O–H groups in total. The molecule has 1 amide bonds. The molecule has 2 aliphatic rings. The molecule has 2 fully saturated rings. The molecule has 2 rings (SSSR count). The molecule has 2 atom stereocenters. The molecule has 6 heteroatoms. The number of likely N-dealkylation sites (tertiary alicyclic amines) is 1. The molecule has 0 aromatic rings. The quantitative estimate of drug-likeness (QED) is 0.837. The van der Waals surface area contributed by atoms with Gasteiger partial charge in [-0.25, -0.2) is 13.2 Å². The van der Waals surface area contributed by atoms with Crippen molar-refractivity contribution in [2.75, 3.05) is 13.1 Å². The monoisotopic (exact) mass is 278 g/mol. The number of nitrogens with one attached hydrogen (secondary N) is 1. The second-order valence-corrected chi connectivity index (χ2v) is 6.72. The van der Waals surface area contributed by atoms with Crippen LogP contribution in [0.1, 0.15) is 33.6 Å². The van der Waals surface area contributed by atoms with Crippen molar-refractivity contribution < 1.29 is 18.0 Å². The van der Waals surface area contributed by atoms with Gasteiger partial charge in [0.25, 0.3) is 0 Å². The number of carbonyl (C=O) groups excluding carboxylic acids is 1. The highest BCUT2D eigenvalue weighted by molar-refractivity contribution is 5.80. The second kappa shape index (κ2) is 4.65. The summed E-state index contributed by atoms with van der Waals surface area (Å²) in [6.45, 7) is 6.05. The van der Waals surface area contributed by atoms with Gasteiger partial charge in [-0.15, -0.1) is 0 Å². The fraction of sp³-hybridized carbons (Fsp3) is 0.923. The third-order valence-corrected chi connectivity index (χ3v) is 3.62. The van der Waals surface area contributed by atoms with Crippen molar-refractivity contribution >= 4 is 5.91 Å². The van der Waals surface area contributed by atoms with E-state index >= 15 is 0 Å². The maximum absolute atomic E-state index is 13.9. The molecule has 1 saturated carbocycles. The summed E-state index contributed by atoms with van der Waals surface area (Å²) in [6, 6.07) is -0.412. The Kier molecular flexibility index (Phi) is 3.58. The fourth-order valence-electron chi connectivity index (χ4n) is 2.73. The number of rotatable bonds is 2. The van der Waals surface area contributed by atoms with Gasteiger partial charge in [0, 0.05) is 30.8 Å². The van der Waals surface area contributed by atoms with Crippen molar-refractivity contribution in [3.8, 4) is 0 Å². The van der Waals surface area contributed by atoms with E-state index in [2.05, 4.69) is 5.32 Å². The summed E-state index contributed by atoms with van der Waals surface area (Å²) in [5.74, 6) is -3.67. The predicted molar refractivity (Wildman–Crippen MR) is 65.8 cm³/mol. The number of alkyl halides is 3. The molecule has 1 aliphatic heterocycles. The third-order valence-electron chi connectivity index (χ3n) is 3.62. The maximum atomic E-state index is 13.9. The van der Waals surface area contributed by atoms with Gasteiger partial charge in [0.05, 0.1) is 12.6 Å². The van der Waals surface area contributed by atoms with Gasteiger partial charge in [0.2, 0.25) is 11.8 Å². The fourth-order valence-corrected chi connectivity index (χ4v) is 2.73. The highest BCUT2D eigenvalue weighted by Gasteiger charge is 2.51. The Labute approximate surface area is 111 Å². The normalized spacial score (nSPS) is 31.4. The Morgan fingerprint density at radius 3 is 2.32 bits per heavy atom. The molecule has 0 radical (unpaired) electrons. The van der Waals surface area contributed by atoms with Crippen LogP contribution in [0.25, 0.3) is 0 Å². The largest absolute Gasteiger partial charge is 0.338 e. The summed E-state index contributed by atoms with van der Waals surface area (Å²) in [5.41, 5.74) is -0.239. The van der Waals surface area contributed by atoms with Crippen molar-refractivity contribution in [2.24, 2.45) is 5.92 Å². The van der Waals surface area contributed by atoms with E-state index in [0.29, 0.717) is 0 Å². The molecule has 1 saturated heterocycles. The third kappa shape index (κ3) is 3.41. The van der Waals surface area contributed by atoms with Crippen molar-refractivity contribution in [3.05, 3.63) is 0 Å². The first kappa shape index (κ1) is 14.6. The van der Waals surface area contributed by atoms with Crippen LogP contribution < -0.4 is 5.32 Å². The number of nitrogens with zero attached hydrogens (tertiary/aromatic N) is 1. The maximum Gasteiger partial charge on any atom is 0.249 e. The lowest BCUT2D eigenvalue weighted by molar-refractivity contribution is -0.159.